The molecule has 2 aromatic heterocycles. The van der Waals surface area contributed by atoms with Crippen LogP contribution in [-0.4, -0.2) is 21.6 Å². The predicted octanol–water partition coefficient (Wildman–Crippen LogP) is 6.36. The number of aromatic nitrogens is 3. The van der Waals surface area contributed by atoms with Gasteiger partial charge in [0.25, 0.3) is 0 Å². The predicted molar refractivity (Wildman–Crippen MR) is 116 cm³/mol. The summed E-state index contributed by atoms with van der Waals surface area (Å²) in [6, 6.07) is 22.2. The Balaban J connectivity index is 1.71. The lowest BCUT2D eigenvalue weighted by atomic mass is 10.1. The third kappa shape index (κ3) is 3.55. The molecule has 1 N–H and O–H groups in total. The number of ether oxygens (including phenoxy) is 1. The molecule has 0 amide bonds. The Bertz CT molecular complexity index is 1230. The van der Waals surface area contributed by atoms with E-state index in [4.69, 9.17) is 14.7 Å². The number of thiazole rings is 1. The van der Waals surface area contributed by atoms with Crippen LogP contribution in [0.3, 0.4) is 0 Å². The number of alkyl halides is 2. The number of benzene rings is 3. The van der Waals surface area contributed by atoms with Crippen LogP contribution in [0.5, 0.6) is 5.75 Å². The van der Waals surface area contributed by atoms with Crippen LogP contribution in [0.15, 0.2) is 72.8 Å². The van der Waals surface area contributed by atoms with Gasteiger partial charge in [-0.15, -0.1) is 11.3 Å². The quantitative estimate of drug-likeness (QED) is 0.360. The topological polar surface area (TPSA) is 50.8 Å². The summed E-state index contributed by atoms with van der Waals surface area (Å²) in [4.78, 5) is 12.8. The Morgan fingerprint density at radius 3 is 2.43 bits per heavy atom. The summed E-state index contributed by atoms with van der Waals surface area (Å²) < 4.78 is 31.5. The molecule has 7 heteroatoms. The molecule has 0 radical (unpaired) electrons. The maximum atomic E-state index is 12.9. The number of nitrogens with zero attached hydrogens (tertiary/aromatic N) is 2. The van der Waals surface area contributed by atoms with Crippen molar-refractivity contribution in [3.05, 3.63) is 89.2 Å². The summed E-state index contributed by atoms with van der Waals surface area (Å²) in [5.74, 6) is 0.712. The van der Waals surface area contributed by atoms with Crippen molar-refractivity contribution in [2.24, 2.45) is 0 Å². The van der Waals surface area contributed by atoms with Crippen LogP contribution in [0, 0.1) is 0 Å². The van der Waals surface area contributed by atoms with Crippen LogP contribution in [-0.2, 0) is 0 Å². The van der Waals surface area contributed by atoms with Crippen molar-refractivity contribution in [3.8, 4) is 5.75 Å². The third-order valence-electron chi connectivity index (χ3n) is 4.60. The Labute approximate surface area is 174 Å². The number of para-hydroxylation sites is 4. The van der Waals surface area contributed by atoms with Crippen molar-refractivity contribution in [2.45, 2.75) is 6.61 Å². The van der Waals surface area contributed by atoms with Crippen molar-refractivity contribution < 1.29 is 13.5 Å². The van der Waals surface area contributed by atoms with Crippen LogP contribution in [0.25, 0.3) is 32.9 Å². The minimum atomic E-state index is -2.91. The second-order valence-electron chi connectivity index (χ2n) is 6.56. The largest absolute Gasteiger partial charge is 0.434 e. The van der Waals surface area contributed by atoms with Gasteiger partial charge >= 0.3 is 6.61 Å². The molecule has 4 nitrogen and oxygen atoms in total. The molecule has 0 saturated carbocycles. The van der Waals surface area contributed by atoms with Crippen LogP contribution in [0.4, 0.5) is 8.78 Å². The van der Waals surface area contributed by atoms with Gasteiger partial charge in [-0.2, -0.15) is 8.78 Å². The molecule has 0 saturated heterocycles. The van der Waals surface area contributed by atoms with Crippen LogP contribution < -0.4 is 4.74 Å². The molecular weight excluding hydrogens is 404 g/mol. The Kier molecular flexibility index (Phi) is 4.72. The van der Waals surface area contributed by atoms with Crippen molar-refractivity contribution in [1.82, 2.24) is 15.0 Å². The Morgan fingerprint density at radius 2 is 1.63 bits per heavy atom. The minimum absolute atomic E-state index is 0.0993. The normalized spacial score (nSPS) is 12.2. The molecule has 30 heavy (non-hydrogen) atoms. The van der Waals surface area contributed by atoms with Crippen LogP contribution in [0.1, 0.15) is 16.4 Å². The van der Waals surface area contributed by atoms with Crippen molar-refractivity contribution in [1.29, 1.82) is 0 Å². The van der Waals surface area contributed by atoms with E-state index in [0.717, 1.165) is 26.3 Å². The third-order valence-corrected chi connectivity index (χ3v) is 5.67. The van der Waals surface area contributed by atoms with E-state index >= 15 is 0 Å². The average molecular weight is 419 g/mol. The lowest BCUT2D eigenvalue weighted by Gasteiger charge is -2.09. The maximum absolute atomic E-state index is 12.9. The molecule has 148 valence electrons. The van der Waals surface area contributed by atoms with Crippen LogP contribution in [0.2, 0.25) is 0 Å². The van der Waals surface area contributed by atoms with Gasteiger partial charge in [-0.25, -0.2) is 9.97 Å². The highest BCUT2D eigenvalue weighted by atomic mass is 32.1. The number of hydrogen-bond acceptors (Lipinski definition) is 4. The molecule has 3 aromatic carbocycles. The molecule has 0 bridgehead atoms. The molecule has 0 atom stereocenters. The van der Waals surface area contributed by atoms with Gasteiger partial charge in [0.05, 0.1) is 26.8 Å². The summed E-state index contributed by atoms with van der Waals surface area (Å²) >= 11 is 1.52. The first kappa shape index (κ1) is 18.4. The molecule has 0 spiro atoms. The SMILES string of the molecule is FC(F)Oc1ccccc1C=C(c1nc2ccccc2[nH]1)c1nc2ccccc2s1. The van der Waals surface area contributed by atoms with Gasteiger partial charge in [-0.3, -0.25) is 0 Å². The first-order valence-electron chi connectivity index (χ1n) is 9.24. The molecule has 2 heterocycles. The van der Waals surface area contributed by atoms with Crippen LogP contribution >= 0.6 is 11.3 Å². The fourth-order valence-electron chi connectivity index (χ4n) is 3.26. The van der Waals surface area contributed by atoms with Crippen molar-refractivity contribution in [3.63, 3.8) is 0 Å². The molecule has 0 unspecified atom stereocenters. The number of hydrogen-bond donors (Lipinski definition) is 1. The number of halogens is 2. The Morgan fingerprint density at radius 1 is 0.900 bits per heavy atom. The molecule has 5 aromatic rings. The number of H-pyrrole nitrogens is 1. The zero-order valence-electron chi connectivity index (χ0n) is 15.5. The number of nitrogens with one attached hydrogen (secondary N) is 1. The lowest BCUT2D eigenvalue weighted by Crippen LogP contribution is -2.03. The fraction of sp³-hybridized carbons (Fsp3) is 0.0435. The second-order valence-corrected chi connectivity index (χ2v) is 7.59. The van der Waals surface area contributed by atoms with E-state index < -0.39 is 6.61 Å². The van der Waals surface area contributed by atoms with Crippen molar-refractivity contribution in [2.75, 3.05) is 0 Å². The van der Waals surface area contributed by atoms with Gasteiger partial charge in [0.1, 0.15) is 16.6 Å². The summed E-state index contributed by atoms with van der Waals surface area (Å²) in [5.41, 5.74) is 3.80. The van der Waals surface area contributed by atoms with Gasteiger partial charge < -0.3 is 9.72 Å². The van der Waals surface area contributed by atoms with E-state index in [-0.39, 0.29) is 5.75 Å². The molecule has 0 aliphatic heterocycles. The molecule has 0 aliphatic rings. The molecule has 0 fully saturated rings. The van der Waals surface area contributed by atoms with E-state index in [0.29, 0.717) is 17.0 Å². The van der Waals surface area contributed by atoms with Gasteiger partial charge in [-0.05, 0) is 36.4 Å². The zero-order chi connectivity index (χ0) is 20.5. The smallest absolute Gasteiger partial charge is 0.387 e. The highest BCUT2D eigenvalue weighted by Crippen LogP contribution is 2.34. The lowest BCUT2D eigenvalue weighted by molar-refractivity contribution is -0.0499. The highest BCUT2D eigenvalue weighted by Gasteiger charge is 2.17. The summed E-state index contributed by atoms with van der Waals surface area (Å²) in [5, 5.41) is 0.738. The molecule has 5 rings (SSSR count). The Hall–Kier alpha value is -3.58. The van der Waals surface area contributed by atoms with Gasteiger partial charge in [-0.1, -0.05) is 42.5 Å². The summed E-state index contributed by atoms with van der Waals surface area (Å²) in [6.07, 6.45) is 1.78. The van der Waals surface area contributed by atoms with E-state index in [9.17, 15) is 8.78 Å². The maximum Gasteiger partial charge on any atom is 0.387 e. The highest BCUT2D eigenvalue weighted by molar-refractivity contribution is 7.19. The first-order chi connectivity index (χ1) is 14.7. The fourth-order valence-corrected chi connectivity index (χ4v) is 4.24. The summed E-state index contributed by atoms with van der Waals surface area (Å²) in [6.45, 7) is -2.91. The second kappa shape index (κ2) is 7.68. The number of rotatable bonds is 5. The number of imidazole rings is 1. The first-order valence-corrected chi connectivity index (χ1v) is 10.1. The average Bonchev–Trinajstić information content (AvgIpc) is 3.36. The minimum Gasteiger partial charge on any atom is -0.434 e. The van der Waals surface area contributed by atoms with Crippen molar-refractivity contribution >= 4 is 44.2 Å². The van der Waals surface area contributed by atoms with E-state index in [1.165, 1.54) is 17.4 Å². The van der Waals surface area contributed by atoms with E-state index in [2.05, 4.69) is 4.98 Å². The van der Waals surface area contributed by atoms with Gasteiger partial charge in [0.2, 0.25) is 0 Å². The van der Waals surface area contributed by atoms with E-state index in [1.54, 1.807) is 24.3 Å². The van der Waals surface area contributed by atoms with E-state index in [1.807, 2.05) is 48.5 Å². The standard InChI is InChI=1S/C23H15F2N3OS/c24-23(25)29-19-11-5-1-7-14(19)13-15(21-26-16-8-2-3-9-17(16)27-21)22-28-18-10-4-6-12-20(18)30-22/h1-13,23H,(H,26,27). The molecular formula is C23H15F2N3OS. The number of aromatic amines is 1. The number of fused-ring (bicyclic) bond motifs is 2. The summed E-state index contributed by atoms with van der Waals surface area (Å²) in [7, 11) is 0. The zero-order valence-corrected chi connectivity index (χ0v) is 16.4. The molecule has 0 aliphatic carbocycles. The van der Waals surface area contributed by atoms with Gasteiger partial charge in [0.15, 0.2) is 0 Å². The monoisotopic (exact) mass is 419 g/mol. The van der Waals surface area contributed by atoms with Gasteiger partial charge in [0, 0.05) is 5.56 Å².